The van der Waals surface area contributed by atoms with E-state index < -0.39 is 22.0 Å². The monoisotopic (exact) mass is 590 g/mol. The van der Waals surface area contributed by atoms with Crippen molar-refractivity contribution in [1.29, 1.82) is 0 Å². The lowest BCUT2D eigenvalue weighted by atomic mass is 10.1. The fraction of sp³-hybridized carbons (Fsp3) is 0.400. The molecule has 0 aliphatic heterocycles. The minimum atomic E-state index is -3.74. The van der Waals surface area contributed by atoms with E-state index in [1.165, 1.54) is 28.0 Å². The van der Waals surface area contributed by atoms with E-state index in [1.54, 1.807) is 30.3 Å². The van der Waals surface area contributed by atoms with Crippen molar-refractivity contribution in [2.24, 2.45) is 0 Å². The van der Waals surface area contributed by atoms with Gasteiger partial charge in [0.05, 0.1) is 16.7 Å². The summed E-state index contributed by atoms with van der Waals surface area (Å²) in [7, 11) is -3.74. The number of benzene rings is 2. The van der Waals surface area contributed by atoms with Gasteiger partial charge < -0.3 is 9.73 Å². The molecule has 0 saturated heterocycles. The van der Waals surface area contributed by atoms with Crippen molar-refractivity contribution < 1.29 is 22.4 Å². The smallest absolute Gasteiger partial charge is 0.251 e. The lowest BCUT2D eigenvalue weighted by Crippen LogP contribution is -2.47. The Labute approximate surface area is 244 Å². The molecule has 11 nitrogen and oxygen atoms in total. The van der Waals surface area contributed by atoms with Crippen molar-refractivity contribution in [3.8, 4) is 0 Å². The second-order valence-electron chi connectivity index (χ2n) is 11.0. The number of aromatic nitrogens is 3. The van der Waals surface area contributed by atoms with Gasteiger partial charge in [0, 0.05) is 17.8 Å². The number of furan rings is 1. The molecule has 2 saturated carbocycles. The van der Waals surface area contributed by atoms with Gasteiger partial charge in [-0.2, -0.15) is 0 Å². The van der Waals surface area contributed by atoms with Crippen LogP contribution < -0.4 is 14.9 Å². The number of rotatable bonds is 10. The first kappa shape index (κ1) is 28.1. The Balaban J connectivity index is 1.36. The molecule has 2 aromatic heterocycles. The van der Waals surface area contributed by atoms with Crippen LogP contribution in [0.1, 0.15) is 63.2 Å². The summed E-state index contributed by atoms with van der Waals surface area (Å²) in [6.07, 6.45) is 8.90. The Bertz CT molecular complexity index is 1640. The summed E-state index contributed by atoms with van der Waals surface area (Å²) in [5.74, 6) is -0.511. The van der Waals surface area contributed by atoms with Crippen molar-refractivity contribution in [2.75, 3.05) is 4.90 Å². The molecule has 2 N–H and O–H groups in total. The van der Waals surface area contributed by atoms with Gasteiger partial charge in [-0.25, -0.2) is 17.8 Å². The van der Waals surface area contributed by atoms with Crippen molar-refractivity contribution in [1.82, 2.24) is 25.0 Å². The third kappa shape index (κ3) is 5.95. The lowest BCUT2D eigenvalue weighted by molar-refractivity contribution is -0.127. The molecule has 2 heterocycles. The van der Waals surface area contributed by atoms with E-state index in [2.05, 4.69) is 20.4 Å². The number of anilines is 1. The van der Waals surface area contributed by atoms with Crippen LogP contribution in [-0.4, -0.2) is 47.3 Å². The second-order valence-corrected chi connectivity index (χ2v) is 12.7. The Hall–Kier alpha value is -4.03. The number of sulfonamides is 1. The fourth-order valence-electron chi connectivity index (χ4n) is 5.96. The molecule has 0 bridgehead atoms. The van der Waals surface area contributed by atoms with Gasteiger partial charge in [0.15, 0.2) is 6.04 Å². The molecule has 2 fully saturated rings. The number of nitrogens with one attached hydrogen (secondary N) is 2. The average Bonchev–Trinajstić information content (AvgIpc) is 3.81. The van der Waals surface area contributed by atoms with Gasteiger partial charge in [-0.15, -0.1) is 5.10 Å². The van der Waals surface area contributed by atoms with Gasteiger partial charge in [0.2, 0.25) is 15.9 Å². The molecule has 0 radical (unpaired) electrons. The van der Waals surface area contributed by atoms with Gasteiger partial charge in [0.1, 0.15) is 17.8 Å². The highest BCUT2D eigenvalue weighted by Crippen LogP contribution is 2.31. The summed E-state index contributed by atoms with van der Waals surface area (Å²) in [6, 6.07) is 15.5. The van der Waals surface area contributed by atoms with E-state index in [-0.39, 0.29) is 29.4 Å². The first-order chi connectivity index (χ1) is 20.4. The molecule has 6 rings (SSSR count). The van der Waals surface area contributed by atoms with E-state index >= 15 is 0 Å². The zero-order chi connectivity index (χ0) is 29.1. The molecule has 0 unspecified atom stereocenters. The second kappa shape index (κ2) is 12.1. The summed E-state index contributed by atoms with van der Waals surface area (Å²) in [5.41, 5.74) is 1.67. The number of hydrogen-bond acceptors (Lipinski definition) is 7. The third-order valence-corrected chi connectivity index (χ3v) is 9.63. The van der Waals surface area contributed by atoms with Crippen LogP contribution in [0.3, 0.4) is 0 Å². The van der Waals surface area contributed by atoms with Gasteiger partial charge in [-0.05, 0) is 74.2 Å². The van der Waals surface area contributed by atoms with E-state index in [4.69, 9.17) is 4.42 Å². The predicted molar refractivity (Wildman–Crippen MR) is 156 cm³/mol. The van der Waals surface area contributed by atoms with Gasteiger partial charge in [0.25, 0.3) is 5.91 Å². The van der Waals surface area contributed by atoms with E-state index in [0.717, 1.165) is 51.4 Å². The minimum Gasteiger partial charge on any atom is -0.467 e. The quantitative estimate of drug-likeness (QED) is 0.284. The maximum Gasteiger partial charge on any atom is 0.251 e. The summed E-state index contributed by atoms with van der Waals surface area (Å²) >= 11 is 0. The summed E-state index contributed by atoms with van der Waals surface area (Å²) in [4.78, 5) is 29.4. The number of fused-ring (bicyclic) bond motifs is 1. The zero-order valence-electron chi connectivity index (χ0n) is 23.2. The molecule has 2 amide bonds. The van der Waals surface area contributed by atoms with Gasteiger partial charge in [-0.3, -0.25) is 14.5 Å². The molecule has 0 spiro atoms. The van der Waals surface area contributed by atoms with Crippen molar-refractivity contribution in [2.45, 2.75) is 80.9 Å². The maximum absolute atomic E-state index is 14.1. The molecule has 1 atom stereocenters. The zero-order valence-corrected chi connectivity index (χ0v) is 24.0. The Morgan fingerprint density at radius 1 is 0.929 bits per heavy atom. The van der Waals surface area contributed by atoms with Gasteiger partial charge in [-0.1, -0.05) is 43.0 Å². The molecule has 4 aromatic rings. The van der Waals surface area contributed by atoms with Crippen LogP contribution in [0, 0.1) is 0 Å². The van der Waals surface area contributed by atoms with Crippen LogP contribution in [0.2, 0.25) is 0 Å². The summed E-state index contributed by atoms with van der Waals surface area (Å²) in [5, 5.41) is 11.4. The normalized spacial score (nSPS) is 17.0. The molecule has 2 aliphatic rings. The standard InChI is InChI=1S/C30H34N6O5S/c37-28(20-35-26-13-6-5-12-25(26)32-34-35)36(29(27-14-7-19-41-27)30(38)31-21-8-1-2-9-21)23-15-17-24(18-16-23)42(39,40)33-22-10-3-4-11-22/h5-7,12-19,21-22,29,33H,1-4,8-11,20H2,(H,31,38)/t29-/m1/s1. The largest absolute Gasteiger partial charge is 0.467 e. The highest BCUT2D eigenvalue weighted by Gasteiger charge is 2.37. The highest BCUT2D eigenvalue weighted by molar-refractivity contribution is 7.89. The molecule has 220 valence electrons. The maximum atomic E-state index is 14.1. The van der Waals surface area contributed by atoms with E-state index in [9.17, 15) is 18.0 Å². The predicted octanol–water partition coefficient (Wildman–Crippen LogP) is 4.08. The molecular weight excluding hydrogens is 556 g/mol. The minimum absolute atomic E-state index is 0.0142. The topological polar surface area (TPSA) is 139 Å². The lowest BCUT2D eigenvalue weighted by Gasteiger charge is -2.31. The summed E-state index contributed by atoms with van der Waals surface area (Å²) in [6.45, 7) is -0.197. The van der Waals surface area contributed by atoms with Crippen LogP contribution in [0.5, 0.6) is 0 Å². The highest BCUT2D eigenvalue weighted by atomic mass is 32.2. The van der Waals surface area contributed by atoms with Crippen LogP contribution in [0.4, 0.5) is 5.69 Å². The van der Waals surface area contributed by atoms with Crippen molar-refractivity contribution in [3.05, 3.63) is 72.7 Å². The number of amides is 2. The number of hydrogen-bond donors (Lipinski definition) is 2. The summed E-state index contributed by atoms with van der Waals surface area (Å²) < 4.78 is 36.1. The number of carbonyl (C=O) groups is 2. The Morgan fingerprint density at radius 2 is 1.62 bits per heavy atom. The fourth-order valence-corrected chi connectivity index (χ4v) is 7.27. The third-order valence-electron chi connectivity index (χ3n) is 8.10. The first-order valence-corrected chi connectivity index (χ1v) is 15.9. The molecule has 42 heavy (non-hydrogen) atoms. The Morgan fingerprint density at radius 3 is 2.31 bits per heavy atom. The van der Waals surface area contributed by atoms with Crippen LogP contribution in [0.25, 0.3) is 11.0 Å². The number of para-hydroxylation sites is 1. The van der Waals surface area contributed by atoms with Gasteiger partial charge >= 0.3 is 0 Å². The SMILES string of the molecule is O=C(NC1CCCC1)[C@@H](c1ccco1)N(C(=O)Cn1nnc2ccccc21)c1ccc(S(=O)(=O)NC2CCCC2)cc1. The van der Waals surface area contributed by atoms with E-state index in [0.29, 0.717) is 22.5 Å². The average molecular weight is 591 g/mol. The first-order valence-electron chi connectivity index (χ1n) is 14.5. The van der Waals surface area contributed by atoms with Crippen molar-refractivity contribution in [3.63, 3.8) is 0 Å². The van der Waals surface area contributed by atoms with E-state index in [1.807, 2.05) is 18.2 Å². The Kier molecular flexibility index (Phi) is 8.07. The molecular formula is C30H34N6O5S. The van der Waals surface area contributed by atoms with Crippen LogP contribution in [-0.2, 0) is 26.2 Å². The molecule has 2 aliphatic carbocycles. The molecule has 2 aromatic carbocycles. The van der Waals surface area contributed by atoms with Crippen LogP contribution >= 0.6 is 0 Å². The molecule has 12 heteroatoms. The van der Waals surface area contributed by atoms with Crippen molar-refractivity contribution >= 4 is 38.6 Å². The van der Waals surface area contributed by atoms with Crippen LogP contribution in [0.15, 0.2) is 76.2 Å². The number of nitrogens with zero attached hydrogens (tertiary/aromatic N) is 4. The number of carbonyl (C=O) groups excluding carboxylic acids is 2.